The molecular weight excluding hydrogens is 194 g/mol. The minimum atomic E-state index is -0.600. The summed E-state index contributed by atoms with van der Waals surface area (Å²) in [5, 5.41) is 6.45. The number of anilines is 1. The summed E-state index contributed by atoms with van der Waals surface area (Å²) in [5.74, 6) is 0.484. The molecule has 0 aromatic carbocycles. The van der Waals surface area contributed by atoms with Gasteiger partial charge >= 0.3 is 6.09 Å². The molecular formula is C7H10ClN3O2. The summed E-state index contributed by atoms with van der Waals surface area (Å²) < 4.78 is 6.08. The number of alkyl halides is 1. The highest BCUT2D eigenvalue weighted by molar-refractivity contribution is 6.17. The maximum absolute atomic E-state index is 10.9. The summed E-state index contributed by atoms with van der Waals surface area (Å²) in [6.07, 6.45) is 1.19. The van der Waals surface area contributed by atoms with Crippen LogP contribution in [-0.2, 0) is 11.8 Å². The first-order valence-corrected chi connectivity index (χ1v) is 4.17. The first-order valence-electron chi connectivity index (χ1n) is 3.63. The number of nitrogens with zero attached hydrogens (tertiary/aromatic N) is 2. The Kier molecular flexibility index (Phi) is 3.13. The molecule has 1 aromatic rings. The quantitative estimate of drug-likeness (QED) is 0.741. The smallest absolute Gasteiger partial charge is 0.414 e. The van der Waals surface area contributed by atoms with Crippen molar-refractivity contribution in [3.63, 3.8) is 0 Å². The van der Waals surface area contributed by atoms with Crippen LogP contribution in [0, 0.1) is 6.92 Å². The molecule has 0 aliphatic heterocycles. The summed E-state index contributed by atoms with van der Waals surface area (Å²) >= 11 is 5.20. The molecule has 1 rings (SSSR count). The fraction of sp³-hybridized carbons (Fsp3) is 0.429. The molecule has 0 saturated heterocycles. The second kappa shape index (κ2) is 4.13. The van der Waals surface area contributed by atoms with E-state index in [0.717, 1.165) is 5.56 Å². The summed E-state index contributed by atoms with van der Waals surface area (Å²) in [5.41, 5.74) is 0.869. The molecule has 0 bridgehead atoms. The Labute approximate surface area is 80.6 Å². The Morgan fingerprint density at radius 3 is 3.00 bits per heavy atom. The van der Waals surface area contributed by atoms with Crippen molar-refractivity contribution in [1.29, 1.82) is 0 Å². The molecule has 0 fully saturated rings. The fourth-order valence-corrected chi connectivity index (χ4v) is 1.01. The highest BCUT2D eigenvalue weighted by Gasteiger charge is 2.07. The molecule has 1 amide bonds. The van der Waals surface area contributed by atoms with Gasteiger partial charge in [-0.25, -0.2) is 4.79 Å². The molecule has 6 heteroatoms. The second-order valence-corrected chi connectivity index (χ2v) is 2.72. The van der Waals surface area contributed by atoms with Crippen molar-refractivity contribution in [2.45, 2.75) is 6.92 Å². The van der Waals surface area contributed by atoms with E-state index in [1.165, 1.54) is 0 Å². The normalized spacial score (nSPS) is 9.77. The van der Waals surface area contributed by atoms with Gasteiger partial charge in [-0.05, 0) is 6.92 Å². The van der Waals surface area contributed by atoms with Crippen LogP contribution in [-0.4, -0.2) is 21.9 Å². The highest BCUT2D eigenvalue weighted by Crippen LogP contribution is 2.10. The Bertz CT molecular complexity index is 311. The zero-order valence-corrected chi connectivity index (χ0v) is 8.13. The molecule has 1 N–H and O–H groups in total. The van der Waals surface area contributed by atoms with Crippen molar-refractivity contribution in [1.82, 2.24) is 9.78 Å². The van der Waals surface area contributed by atoms with E-state index < -0.39 is 6.09 Å². The van der Waals surface area contributed by atoms with Crippen molar-refractivity contribution in [2.24, 2.45) is 7.05 Å². The average molecular weight is 204 g/mol. The molecule has 1 aromatic heterocycles. The number of hydrogen-bond donors (Lipinski definition) is 1. The molecule has 0 saturated carbocycles. The molecule has 0 aliphatic rings. The van der Waals surface area contributed by atoms with E-state index >= 15 is 0 Å². The number of ether oxygens (including phenoxy) is 1. The van der Waals surface area contributed by atoms with Crippen LogP contribution < -0.4 is 5.32 Å². The monoisotopic (exact) mass is 203 g/mol. The van der Waals surface area contributed by atoms with Crippen LogP contribution in [0.15, 0.2) is 6.20 Å². The average Bonchev–Trinajstić information content (AvgIpc) is 2.30. The van der Waals surface area contributed by atoms with E-state index in [-0.39, 0.29) is 6.07 Å². The van der Waals surface area contributed by atoms with Crippen LogP contribution in [0.4, 0.5) is 10.6 Å². The SMILES string of the molecule is Cc1cn(C)nc1NC(=O)OCCl. The summed E-state index contributed by atoms with van der Waals surface area (Å²) in [7, 11) is 1.77. The summed E-state index contributed by atoms with van der Waals surface area (Å²) in [6.45, 7) is 1.84. The molecule has 0 spiro atoms. The van der Waals surface area contributed by atoms with Gasteiger partial charge in [-0.1, -0.05) is 11.6 Å². The molecule has 0 aliphatic carbocycles. The number of aryl methyl sites for hydroxylation is 2. The third-order valence-corrected chi connectivity index (χ3v) is 1.53. The van der Waals surface area contributed by atoms with Gasteiger partial charge in [-0.3, -0.25) is 10.00 Å². The van der Waals surface area contributed by atoms with Crippen molar-refractivity contribution in [3.8, 4) is 0 Å². The molecule has 1 heterocycles. The van der Waals surface area contributed by atoms with E-state index in [0.29, 0.717) is 5.82 Å². The van der Waals surface area contributed by atoms with Crippen LogP contribution in [0.1, 0.15) is 5.56 Å². The number of rotatable bonds is 2. The van der Waals surface area contributed by atoms with Gasteiger partial charge in [-0.2, -0.15) is 5.10 Å². The lowest BCUT2D eigenvalue weighted by Gasteiger charge is -2.01. The molecule has 0 unspecified atom stereocenters. The van der Waals surface area contributed by atoms with Gasteiger partial charge in [0.15, 0.2) is 11.9 Å². The Morgan fingerprint density at radius 2 is 2.54 bits per heavy atom. The number of nitrogens with one attached hydrogen (secondary N) is 1. The predicted molar refractivity (Wildman–Crippen MR) is 48.8 cm³/mol. The van der Waals surface area contributed by atoms with Gasteiger partial charge in [0.2, 0.25) is 0 Å². The number of aromatic nitrogens is 2. The van der Waals surface area contributed by atoms with Crippen LogP contribution in [0.3, 0.4) is 0 Å². The molecule has 0 radical (unpaired) electrons. The van der Waals surface area contributed by atoms with E-state index in [4.69, 9.17) is 11.6 Å². The van der Waals surface area contributed by atoms with Crippen molar-refractivity contribution >= 4 is 23.5 Å². The van der Waals surface area contributed by atoms with Crippen molar-refractivity contribution in [3.05, 3.63) is 11.8 Å². The Balaban J connectivity index is 2.63. The fourth-order valence-electron chi connectivity index (χ4n) is 0.913. The van der Waals surface area contributed by atoms with Gasteiger partial charge in [0.05, 0.1) is 0 Å². The minimum Gasteiger partial charge on any atom is -0.433 e. The van der Waals surface area contributed by atoms with Crippen molar-refractivity contribution < 1.29 is 9.53 Å². The third-order valence-electron chi connectivity index (χ3n) is 1.42. The topological polar surface area (TPSA) is 56.2 Å². The van der Waals surface area contributed by atoms with Crippen LogP contribution in [0.2, 0.25) is 0 Å². The van der Waals surface area contributed by atoms with E-state index in [9.17, 15) is 4.79 Å². The van der Waals surface area contributed by atoms with Crippen molar-refractivity contribution in [2.75, 3.05) is 11.4 Å². The lowest BCUT2D eigenvalue weighted by atomic mass is 10.4. The van der Waals surface area contributed by atoms with Gasteiger partial charge in [0.1, 0.15) is 0 Å². The third kappa shape index (κ3) is 2.62. The minimum absolute atomic E-state index is 0.169. The van der Waals surface area contributed by atoms with Gasteiger partial charge in [0.25, 0.3) is 0 Å². The largest absolute Gasteiger partial charge is 0.433 e. The standard InChI is InChI=1S/C7H10ClN3O2/c1-5-3-11(2)10-6(5)9-7(12)13-4-8/h3H,4H2,1-2H3,(H,9,10,12). The first-order chi connectivity index (χ1) is 6.13. The van der Waals surface area contributed by atoms with Gasteiger partial charge < -0.3 is 4.74 Å². The maximum atomic E-state index is 10.9. The zero-order valence-electron chi connectivity index (χ0n) is 7.37. The van der Waals surface area contributed by atoms with Crippen LogP contribution in [0.25, 0.3) is 0 Å². The molecule has 72 valence electrons. The summed E-state index contributed by atoms with van der Waals surface area (Å²) in [4.78, 5) is 10.9. The lowest BCUT2D eigenvalue weighted by Crippen LogP contribution is -2.13. The predicted octanol–water partition coefficient (Wildman–Crippen LogP) is 1.47. The van der Waals surface area contributed by atoms with Gasteiger partial charge in [-0.15, -0.1) is 0 Å². The zero-order chi connectivity index (χ0) is 9.84. The lowest BCUT2D eigenvalue weighted by molar-refractivity contribution is 0.180. The van der Waals surface area contributed by atoms with Gasteiger partial charge in [0, 0.05) is 18.8 Å². The van der Waals surface area contributed by atoms with Crippen LogP contribution in [0.5, 0.6) is 0 Å². The number of halogens is 1. The maximum Gasteiger partial charge on any atom is 0.414 e. The number of carbonyl (C=O) groups is 1. The molecule has 5 nitrogen and oxygen atoms in total. The number of amides is 1. The van der Waals surface area contributed by atoms with Crippen LogP contribution >= 0.6 is 11.6 Å². The number of hydrogen-bond acceptors (Lipinski definition) is 3. The highest BCUT2D eigenvalue weighted by atomic mass is 35.5. The Morgan fingerprint density at radius 1 is 1.85 bits per heavy atom. The number of carbonyl (C=O) groups excluding carboxylic acids is 1. The Hall–Kier alpha value is -1.23. The van der Waals surface area contributed by atoms with E-state index in [1.807, 2.05) is 6.92 Å². The first kappa shape index (κ1) is 9.85. The summed E-state index contributed by atoms with van der Waals surface area (Å²) in [6, 6.07) is -0.169. The molecule has 0 atom stereocenters. The molecule has 13 heavy (non-hydrogen) atoms. The van der Waals surface area contributed by atoms with E-state index in [1.54, 1.807) is 17.9 Å². The second-order valence-electron chi connectivity index (χ2n) is 2.50. The van der Waals surface area contributed by atoms with E-state index in [2.05, 4.69) is 15.2 Å².